The summed E-state index contributed by atoms with van der Waals surface area (Å²) >= 11 is 0. The minimum Gasteiger partial charge on any atom is -0.497 e. The lowest BCUT2D eigenvalue weighted by atomic mass is 9.81. The number of nitrogens with zero attached hydrogens (tertiary/aromatic N) is 3. The van der Waals surface area contributed by atoms with E-state index in [4.69, 9.17) is 10.5 Å². The zero-order chi connectivity index (χ0) is 25.4. The summed E-state index contributed by atoms with van der Waals surface area (Å²) in [6.45, 7) is -0.0311. The van der Waals surface area contributed by atoms with Gasteiger partial charge >= 0.3 is 10.3 Å². The molecule has 3 N–H and O–H groups in total. The molecule has 0 fully saturated rings. The van der Waals surface area contributed by atoms with E-state index >= 15 is 0 Å². The van der Waals surface area contributed by atoms with Gasteiger partial charge in [0.25, 0.3) is 5.91 Å². The predicted octanol–water partition coefficient (Wildman–Crippen LogP) is 2.63. The molecule has 9 nitrogen and oxygen atoms in total. The van der Waals surface area contributed by atoms with Gasteiger partial charge in [-0.1, -0.05) is 54.6 Å². The number of guanidine groups is 1. The molecule has 1 atom stereocenters. The molecule has 4 rings (SSSR count). The second kappa shape index (κ2) is 9.14. The number of hydrogen-bond acceptors (Lipinski definition) is 6. The van der Waals surface area contributed by atoms with Crippen LogP contribution in [-0.2, 0) is 27.2 Å². The molecule has 0 bridgehead atoms. The van der Waals surface area contributed by atoms with Gasteiger partial charge in [0, 0.05) is 20.6 Å². The number of rotatable bonds is 7. The van der Waals surface area contributed by atoms with Gasteiger partial charge < -0.3 is 10.5 Å². The predicted molar refractivity (Wildman–Crippen MR) is 133 cm³/mol. The van der Waals surface area contributed by atoms with Crippen LogP contribution in [0.2, 0.25) is 0 Å². The molecule has 35 heavy (non-hydrogen) atoms. The molecule has 0 aliphatic carbocycles. The second-order valence-corrected chi connectivity index (χ2v) is 9.81. The standard InChI is InChI=1S/C25H26N4O5S/c1-28(35(31,32)33)16-17-10-12-20(13-11-17)25(23(30)29(2)24(26)27-25)21-8-4-6-18(14-21)19-7-5-9-22(15-19)34-3/h4-15H,16H2,1-3H3,(H2,26,27)(H,31,32,33). The Bertz CT molecular complexity index is 1410. The summed E-state index contributed by atoms with van der Waals surface area (Å²) in [5, 5.41) is 0. The third-order valence-corrected chi connectivity index (χ3v) is 7.01. The van der Waals surface area contributed by atoms with Crippen LogP contribution >= 0.6 is 0 Å². The summed E-state index contributed by atoms with van der Waals surface area (Å²) in [6, 6.07) is 22.0. The minimum atomic E-state index is -4.32. The van der Waals surface area contributed by atoms with E-state index in [-0.39, 0.29) is 18.4 Å². The molecule has 0 spiro atoms. The molecular weight excluding hydrogens is 468 g/mol. The molecular formula is C25H26N4O5S. The zero-order valence-electron chi connectivity index (χ0n) is 19.5. The van der Waals surface area contributed by atoms with Crippen molar-refractivity contribution in [1.82, 2.24) is 9.21 Å². The van der Waals surface area contributed by atoms with Crippen LogP contribution in [0.4, 0.5) is 0 Å². The number of carbonyl (C=O) groups is 1. The van der Waals surface area contributed by atoms with Gasteiger partial charge in [-0.05, 0) is 46.0 Å². The van der Waals surface area contributed by atoms with E-state index in [0.29, 0.717) is 22.4 Å². The van der Waals surface area contributed by atoms with Crippen LogP contribution in [0.1, 0.15) is 16.7 Å². The number of aliphatic imine (C=N–C) groups is 1. The number of carbonyl (C=O) groups excluding carboxylic acids is 1. The van der Waals surface area contributed by atoms with Gasteiger partial charge in [-0.3, -0.25) is 14.2 Å². The van der Waals surface area contributed by atoms with Crippen molar-refractivity contribution in [3.63, 3.8) is 0 Å². The van der Waals surface area contributed by atoms with Crippen molar-refractivity contribution in [1.29, 1.82) is 0 Å². The number of ether oxygens (including phenoxy) is 1. The van der Waals surface area contributed by atoms with E-state index in [0.717, 1.165) is 15.4 Å². The second-order valence-electron chi connectivity index (χ2n) is 8.29. The summed E-state index contributed by atoms with van der Waals surface area (Å²) in [4.78, 5) is 19.5. The molecule has 1 aliphatic rings. The number of hydrogen-bond donors (Lipinski definition) is 2. The molecule has 1 heterocycles. The maximum Gasteiger partial charge on any atom is 0.335 e. The van der Waals surface area contributed by atoms with Crippen molar-refractivity contribution >= 4 is 22.2 Å². The molecule has 0 aromatic heterocycles. The first-order chi connectivity index (χ1) is 16.6. The maximum atomic E-state index is 13.6. The lowest BCUT2D eigenvalue weighted by Crippen LogP contribution is -2.41. The topological polar surface area (TPSA) is 126 Å². The molecule has 1 aliphatic heterocycles. The molecule has 1 amide bonds. The highest BCUT2D eigenvalue weighted by Gasteiger charge is 2.49. The number of likely N-dealkylation sites (N-methyl/N-ethyl adjacent to an activating group) is 1. The fourth-order valence-electron chi connectivity index (χ4n) is 4.10. The highest BCUT2D eigenvalue weighted by molar-refractivity contribution is 7.83. The SMILES string of the molecule is COc1cccc(-c2cccc(C3(c4ccc(CN(C)S(=O)(=O)O)cc4)N=C(N)N(C)C3=O)c2)c1. The Morgan fingerprint density at radius 3 is 2.23 bits per heavy atom. The van der Waals surface area contributed by atoms with E-state index in [9.17, 15) is 17.8 Å². The van der Waals surface area contributed by atoms with Crippen molar-refractivity contribution in [3.8, 4) is 16.9 Å². The number of methoxy groups -OCH3 is 1. The number of amides is 1. The van der Waals surface area contributed by atoms with E-state index in [1.54, 1.807) is 38.4 Å². The molecule has 10 heteroatoms. The van der Waals surface area contributed by atoms with Gasteiger partial charge in [0.2, 0.25) is 0 Å². The Morgan fingerprint density at radius 2 is 1.66 bits per heavy atom. The molecule has 1 unspecified atom stereocenters. The smallest absolute Gasteiger partial charge is 0.335 e. The van der Waals surface area contributed by atoms with Gasteiger partial charge in [0.05, 0.1) is 7.11 Å². The molecule has 3 aromatic carbocycles. The zero-order valence-corrected chi connectivity index (χ0v) is 20.4. The van der Waals surface area contributed by atoms with E-state index in [1.807, 2.05) is 48.5 Å². The van der Waals surface area contributed by atoms with Crippen LogP contribution in [0.25, 0.3) is 11.1 Å². The molecule has 0 saturated heterocycles. The average Bonchev–Trinajstić information content (AvgIpc) is 3.08. The van der Waals surface area contributed by atoms with Crippen LogP contribution in [0, 0.1) is 0 Å². The minimum absolute atomic E-state index is 0.0311. The van der Waals surface area contributed by atoms with Crippen LogP contribution in [0.3, 0.4) is 0 Å². The first-order valence-corrected chi connectivity index (χ1v) is 12.1. The third-order valence-electron chi connectivity index (χ3n) is 6.09. The first kappa shape index (κ1) is 24.4. The van der Waals surface area contributed by atoms with E-state index < -0.39 is 15.8 Å². The Balaban J connectivity index is 1.80. The van der Waals surface area contributed by atoms with Gasteiger partial charge in [0.15, 0.2) is 11.5 Å². The van der Waals surface area contributed by atoms with Crippen LogP contribution in [0.5, 0.6) is 5.75 Å². The van der Waals surface area contributed by atoms with Crippen molar-refractivity contribution in [2.45, 2.75) is 12.1 Å². The van der Waals surface area contributed by atoms with Gasteiger partial charge in [-0.2, -0.15) is 12.7 Å². The van der Waals surface area contributed by atoms with Crippen LogP contribution in [-0.4, -0.2) is 55.2 Å². The Morgan fingerprint density at radius 1 is 1.03 bits per heavy atom. The highest BCUT2D eigenvalue weighted by atomic mass is 32.2. The summed E-state index contributed by atoms with van der Waals surface area (Å²) < 4.78 is 38.1. The largest absolute Gasteiger partial charge is 0.497 e. The maximum absolute atomic E-state index is 13.6. The quantitative estimate of drug-likeness (QED) is 0.487. The van der Waals surface area contributed by atoms with E-state index in [1.165, 1.54) is 11.9 Å². The summed E-state index contributed by atoms with van der Waals surface area (Å²) in [5.41, 5.74) is 8.33. The summed E-state index contributed by atoms with van der Waals surface area (Å²) in [6.07, 6.45) is 0. The fraction of sp³-hybridized carbons (Fsp3) is 0.200. The first-order valence-electron chi connectivity index (χ1n) is 10.7. The lowest BCUT2D eigenvalue weighted by Gasteiger charge is -2.27. The van der Waals surface area contributed by atoms with Crippen LogP contribution in [0.15, 0.2) is 77.8 Å². The fourth-order valence-corrected chi connectivity index (χ4v) is 4.41. The normalized spacial score (nSPS) is 18.1. The number of nitrogens with two attached hydrogens (primary N) is 1. The van der Waals surface area contributed by atoms with Gasteiger partial charge in [-0.15, -0.1) is 0 Å². The van der Waals surface area contributed by atoms with Crippen molar-refractivity contribution < 1.29 is 22.5 Å². The molecule has 182 valence electrons. The summed E-state index contributed by atoms with van der Waals surface area (Å²) in [7, 11) is 0.134. The molecule has 0 saturated carbocycles. The van der Waals surface area contributed by atoms with Crippen molar-refractivity contribution in [2.75, 3.05) is 21.2 Å². The Hall–Kier alpha value is -3.73. The molecule has 3 aromatic rings. The Kier molecular flexibility index (Phi) is 6.37. The Labute approximate surface area is 204 Å². The average molecular weight is 495 g/mol. The van der Waals surface area contributed by atoms with Crippen molar-refractivity contribution in [3.05, 3.63) is 89.5 Å². The molecule has 0 radical (unpaired) electrons. The van der Waals surface area contributed by atoms with E-state index in [2.05, 4.69) is 4.99 Å². The van der Waals surface area contributed by atoms with Crippen LogP contribution < -0.4 is 10.5 Å². The van der Waals surface area contributed by atoms with Crippen molar-refractivity contribution in [2.24, 2.45) is 10.7 Å². The monoisotopic (exact) mass is 494 g/mol. The number of benzene rings is 3. The van der Waals surface area contributed by atoms with Gasteiger partial charge in [-0.25, -0.2) is 4.99 Å². The van der Waals surface area contributed by atoms with Gasteiger partial charge in [0.1, 0.15) is 5.75 Å². The lowest BCUT2D eigenvalue weighted by molar-refractivity contribution is -0.129. The third kappa shape index (κ3) is 4.51. The highest BCUT2D eigenvalue weighted by Crippen LogP contribution is 2.40. The summed E-state index contributed by atoms with van der Waals surface area (Å²) in [5.74, 6) is 0.504.